The Morgan fingerprint density at radius 1 is 1.44 bits per heavy atom. The van der Waals surface area contributed by atoms with Crippen LogP contribution in [-0.4, -0.2) is 36.3 Å². The Morgan fingerprint density at radius 3 is 2.50 bits per heavy atom. The van der Waals surface area contributed by atoms with Crippen molar-refractivity contribution in [1.29, 1.82) is 0 Å². The summed E-state index contributed by atoms with van der Waals surface area (Å²) in [5.41, 5.74) is 0.0743. The predicted molar refractivity (Wildman–Crippen MR) is 69.2 cm³/mol. The van der Waals surface area contributed by atoms with Crippen molar-refractivity contribution < 1.29 is 14.8 Å². The van der Waals surface area contributed by atoms with Crippen LogP contribution < -0.4 is 9.64 Å². The first-order valence-corrected chi connectivity index (χ1v) is 5.50. The molecule has 0 aromatic heterocycles. The predicted octanol–water partition coefficient (Wildman–Crippen LogP) is 1.81. The van der Waals surface area contributed by atoms with Gasteiger partial charge in [-0.3, -0.25) is 10.1 Å². The fourth-order valence-corrected chi connectivity index (χ4v) is 1.44. The number of anilines is 1. The lowest BCUT2D eigenvalue weighted by Gasteiger charge is -2.35. The second kappa shape index (κ2) is 5.22. The lowest BCUT2D eigenvalue weighted by Crippen LogP contribution is -2.44. The molecule has 0 saturated heterocycles. The molecule has 0 bridgehead atoms. The molecule has 0 aliphatic heterocycles. The molecule has 1 aromatic rings. The lowest BCUT2D eigenvalue weighted by atomic mass is 10.0. The molecule has 0 heterocycles. The normalized spacial score (nSPS) is 11.2. The van der Waals surface area contributed by atoms with E-state index in [2.05, 4.69) is 0 Å². The topological polar surface area (TPSA) is 75.8 Å². The molecule has 18 heavy (non-hydrogen) atoms. The van der Waals surface area contributed by atoms with Crippen LogP contribution in [-0.2, 0) is 0 Å². The molecule has 0 amide bonds. The zero-order valence-corrected chi connectivity index (χ0v) is 11.0. The van der Waals surface area contributed by atoms with Gasteiger partial charge in [-0.2, -0.15) is 0 Å². The van der Waals surface area contributed by atoms with Gasteiger partial charge in [0.05, 0.1) is 30.2 Å². The van der Waals surface area contributed by atoms with Gasteiger partial charge in [-0.25, -0.2) is 0 Å². The van der Waals surface area contributed by atoms with Crippen LogP contribution >= 0.6 is 0 Å². The Hall–Kier alpha value is -1.82. The first-order chi connectivity index (χ1) is 8.31. The van der Waals surface area contributed by atoms with Crippen molar-refractivity contribution in [2.45, 2.75) is 19.4 Å². The van der Waals surface area contributed by atoms with E-state index in [1.807, 2.05) is 13.8 Å². The Bertz CT molecular complexity index is 446. The number of non-ortho nitro benzene ring substituents is 1. The third-order valence-electron chi connectivity index (χ3n) is 3.00. The monoisotopic (exact) mass is 254 g/mol. The number of aliphatic hydroxyl groups excluding tert-OH is 1. The second-order valence-corrected chi connectivity index (χ2v) is 4.68. The van der Waals surface area contributed by atoms with Gasteiger partial charge in [0, 0.05) is 24.9 Å². The van der Waals surface area contributed by atoms with Crippen molar-refractivity contribution in [2.24, 2.45) is 0 Å². The largest absolute Gasteiger partial charge is 0.496 e. The average molecular weight is 254 g/mol. The molecule has 0 aliphatic carbocycles. The van der Waals surface area contributed by atoms with Gasteiger partial charge in [-0.15, -0.1) is 0 Å². The number of benzene rings is 1. The number of aliphatic hydroxyl groups is 1. The molecule has 6 nitrogen and oxygen atoms in total. The van der Waals surface area contributed by atoms with Crippen LogP contribution in [0.4, 0.5) is 11.4 Å². The van der Waals surface area contributed by atoms with E-state index < -0.39 is 10.5 Å². The highest BCUT2D eigenvalue weighted by molar-refractivity contribution is 5.58. The van der Waals surface area contributed by atoms with Gasteiger partial charge < -0.3 is 14.7 Å². The molecule has 6 heteroatoms. The van der Waals surface area contributed by atoms with Crippen molar-refractivity contribution in [2.75, 3.05) is 25.7 Å². The molecule has 0 unspecified atom stereocenters. The van der Waals surface area contributed by atoms with Crippen molar-refractivity contribution >= 4 is 11.4 Å². The van der Waals surface area contributed by atoms with Crippen LogP contribution in [0.2, 0.25) is 0 Å². The molecular weight excluding hydrogens is 236 g/mol. The molecular formula is C12H18N2O4. The maximum Gasteiger partial charge on any atom is 0.275 e. The highest BCUT2D eigenvalue weighted by atomic mass is 16.6. The van der Waals surface area contributed by atoms with Gasteiger partial charge in [-0.05, 0) is 13.8 Å². The summed E-state index contributed by atoms with van der Waals surface area (Å²) in [4.78, 5) is 12.2. The van der Waals surface area contributed by atoms with E-state index in [0.717, 1.165) is 0 Å². The van der Waals surface area contributed by atoms with Gasteiger partial charge in [0.1, 0.15) is 5.75 Å². The summed E-state index contributed by atoms with van der Waals surface area (Å²) in [5, 5.41) is 20.2. The fourth-order valence-electron chi connectivity index (χ4n) is 1.44. The molecule has 100 valence electrons. The number of nitro benzene ring substituents is 1. The van der Waals surface area contributed by atoms with Crippen LogP contribution in [0.5, 0.6) is 5.75 Å². The maximum absolute atomic E-state index is 10.8. The number of hydrogen-bond acceptors (Lipinski definition) is 5. The number of hydrogen-bond donors (Lipinski definition) is 1. The number of nitro groups is 1. The molecule has 0 aliphatic rings. The Morgan fingerprint density at radius 2 is 2.06 bits per heavy atom. The number of rotatable bonds is 5. The van der Waals surface area contributed by atoms with Crippen LogP contribution in [0.3, 0.4) is 0 Å². The smallest absolute Gasteiger partial charge is 0.275 e. The van der Waals surface area contributed by atoms with Gasteiger partial charge in [0.2, 0.25) is 0 Å². The van der Waals surface area contributed by atoms with E-state index in [4.69, 9.17) is 4.74 Å². The van der Waals surface area contributed by atoms with Crippen LogP contribution in [0.25, 0.3) is 0 Å². The van der Waals surface area contributed by atoms with Gasteiger partial charge in [0.25, 0.3) is 5.69 Å². The zero-order chi connectivity index (χ0) is 13.9. The van der Waals surface area contributed by atoms with Crippen LogP contribution in [0, 0.1) is 10.1 Å². The SMILES string of the molecule is COc1cc(N(C)C(C)(C)CO)cc([N+](=O)[O-])c1. The highest BCUT2D eigenvalue weighted by Crippen LogP contribution is 2.30. The summed E-state index contributed by atoms with van der Waals surface area (Å²) in [7, 11) is 3.23. The molecule has 0 spiro atoms. The molecule has 1 aromatic carbocycles. The summed E-state index contributed by atoms with van der Waals surface area (Å²) in [5.74, 6) is 0.416. The van der Waals surface area contributed by atoms with Crippen molar-refractivity contribution in [1.82, 2.24) is 0 Å². The number of methoxy groups -OCH3 is 1. The number of ether oxygens (including phenoxy) is 1. The summed E-state index contributed by atoms with van der Waals surface area (Å²) in [6, 6.07) is 4.52. The van der Waals surface area contributed by atoms with Gasteiger partial charge in [0.15, 0.2) is 0 Å². The zero-order valence-electron chi connectivity index (χ0n) is 11.0. The van der Waals surface area contributed by atoms with E-state index in [1.54, 1.807) is 18.0 Å². The first kappa shape index (κ1) is 14.2. The van der Waals surface area contributed by atoms with Crippen molar-refractivity contribution in [3.05, 3.63) is 28.3 Å². The van der Waals surface area contributed by atoms with E-state index in [9.17, 15) is 15.2 Å². The molecule has 0 atom stereocenters. The Balaban J connectivity index is 3.23. The molecule has 0 saturated carbocycles. The minimum absolute atomic E-state index is 0.0371. The summed E-state index contributed by atoms with van der Waals surface area (Å²) >= 11 is 0. The van der Waals surface area contributed by atoms with Crippen molar-refractivity contribution in [3.8, 4) is 5.75 Å². The Kier molecular flexibility index (Phi) is 4.13. The third-order valence-corrected chi connectivity index (χ3v) is 3.00. The van der Waals surface area contributed by atoms with E-state index in [0.29, 0.717) is 11.4 Å². The Labute approximate surface area is 106 Å². The van der Waals surface area contributed by atoms with Gasteiger partial charge in [-0.1, -0.05) is 0 Å². The van der Waals surface area contributed by atoms with E-state index in [1.165, 1.54) is 19.2 Å². The average Bonchev–Trinajstić information content (AvgIpc) is 2.36. The number of likely N-dealkylation sites (N-methyl/N-ethyl adjacent to an activating group) is 1. The third kappa shape index (κ3) is 2.89. The summed E-state index contributed by atoms with van der Waals surface area (Å²) in [6.07, 6.45) is 0. The summed E-state index contributed by atoms with van der Waals surface area (Å²) < 4.78 is 5.05. The molecule has 0 fully saturated rings. The minimum Gasteiger partial charge on any atom is -0.496 e. The number of nitrogens with zero attached hydrogens (tertiary/aromatic N) is 2. The molecule has 1 rings (SSSR count). The standard InChI is InChI=1S/C12H18N2O4/c1-12(2,8-15)13(3)9-5-10(14(16)17)7-11(6-9)18-4/h5-7,15H,8H2,1-4H3. The van der Waals surface area contributed by atoms with E-state index >= 15 is 0 Å². The minimum atomic E-state index is -0.514. The molecule has 1 N–H and O–H groups in total. The quantitative estimate of drug-likeness (QED) is 0.640. The summed E-state index contributed by atoms with van der Waals surface area (Å²) in [6.45, 7) is 3.63. The second-order valence-electron chi connectivity index (χ2n) is 4.68. The van der Waals surface area contributed by atoms with Gasteiger partial charge >= 0.3 is 0 Å². The molecule has 0 radical (unpaired) electrons. The van der Waals surface area contributed by atoms with Crippen LogP contribution in [0.15, 0.2) is 18.2 Å². The van der Waals surface area contributed by atoms with Crippen molar-refractivity contribution in [3.63, 3.8) is 0 Å². The van der Waals surface area contributed by atoms with Crippen LogP contribution in [0.1, 0.15) is 13.8 Å². The first-order valence-electron chi connectivity index (χ1n) is 5.50. The maximum atomic E-state index is 10.8. The lowest BCUT2D eigenvalue weighted by molar-refractivity contribution is -0.384. The highest BCUT2D eigenvalue weighted by Gasteiger charge is 2.24. The fraction of sp³-hybridized carbons (Fsp3) is 0.500. The van der Waals surface area contributed by atoms with E-state index in [-0.39, 0.29) is 12.3 Å².